The normalized spacial score (nSPS) is 12.9. The molecule has 1 aromatic heterocycles. The summed E-state index contributed by atoms with van der Waals surface area (Å²) in [7, 11) is 0. The molecule has 0 radical (unpaired) electrons. The minimum Gasteiger partial charge on any atom is -0.484 e. The largest absolute Gasteiger partial charge is 0.484 e. The fourth-order valence-corrected chi connectivity index (χ4v) is 4.34. The van der Waals surface area contributed by atoms with Gasteiger partial charge in [-0.15, -0.1) is 11.3 Å². The van der Waals surface area contributed by atoms with E-state index in [0.717, 1.165) is 12.0 Å². The minimum atomic E-state index is -0.262. The Labute approximate surface area is 173 Å². The minimum absolute atomic E-state index is 0.00372. The highest BCUT2D eigenvalue weighted by Crippen LogP contribution is 2.27. The molecule has 2 heterocycles. The zero-order valence-corrected chi connectivity index (χ0v) is 17.0. The summed E-state index contributed by atoms with van der Waals surface area (Å²) < 4.78 is 5.49. The lowest BCUT2D eigenvalue weighted by atomic mass is 10.0. The second-order valence-electron chi connectivity index (χ2n) is 6.97. The van der Waals surface area contributed by atoms with Gasteiger partial charge in [-0.05, 0) is 60.2 Å². The van der Waals surface area contributed by atoms with Crippen molar-refractivity contribution in [2.75, 3.05) is 18.5 Å². The monoisotopic (exact) mass is 406 g/mol. The van der Waals surface area contributed by atoms with Crippen molar-refractivity contribution in [3.63, 3.8) is 0 Å². The van der Waals surface area contributed by atoms with Crippen LogP contribution in [0.1, 0.15) is 26.4 Å². The van der Waals surface area contributed by atoms with Gasteiger partial charge in [0.1, 0.15) is 5.75 Å². The number of hydrogen-bond acceptors (Lipinski definition) is 4. The molecule has 0 saturated carbocycles. The van der Waals surface area contributed by atoms with Crippen molar-refractivity contribution in [2.45, 2.75) is 19.9 Å². The Kier molecular flexibility index (Phi) is 5.62. The number of hydrogen-bond donors (Lipinski definition) is 1. The van der Waals surface area contributed by atoms with Crippen LogP contribution in [0, 0.1) is 6.92 Å². The molecule has 3 aromatic rings. The van der Waals surface area contributed by atoms with Crippen LogP contribution in [0.25, 0.3) is 0 Å². The molecule has 0 fully saturated rings. The molecule has 0 atom stereocenters. The molecule has 29 heavy (non-hydrogen) atoms. The van der Waals surface area contributed by atoms with E-state index in [0.29, 0.717) is 30.1 Å². The van der Waals surface area contributed by atoms with Crippen LogP contribution in [0.4, 0.5) is 5.69 Å². The molecule has 148 valence electrons. The molecule has 0 bridgehead atoms. The van der Waals surface area contributed by atoms with E-state index in [1.807, 2.05) is 36.1 Å². The summed E-state index contributed by atoms with van der Waals surface area (Å²) in [5.74, 6) is 0.375. The Hall–Kier alpha value is -3.12. The van der Waals surface area contributed by atoms with E-state index >= 15 is 0 Å². The van der Waals surface area contributed by atoms with E-state index in [9.17, 15) is 9.59 Å². The number of carbonyl (C=O) groups is 2. The summed E-state index contributed by atoms with van der Waals surface area (Å²) in [6.45, 7) is 3.13. The fraction of sp³-hybridized carbons (Fsp3) is 0.217. The topological polar surface area (TPSA) is 58.6 Å². The highest BCUT2D eigenvalue weighted by Gasteiger charge is 2.24. The van der Waals surface area contributed by atoms with E-state index in [1.165, 1.54) is 10.4 Å². The third-order valence-corrected chi connectivity index (χ3v) is 6.07. The maximum absolute atomic E-state index is 13.1. The van der Waals surface area contributed by atoms with Gasteiger partial charge in [-0.1, -0.05) is 24.3 Å². The maximum atomic E-state index is 13.1. The number of para-hydroxylation sites is 1. The second-order valence-corrected chi connectivity index (χ2v) is 7.97. The number of thiophene rings is 1. The maximum Gasteiger partial charge on any atom is 0.262 e. The molecule has 0 saturated heterocycles. The van der Waals surface area contributed by atoms with Crippen molar-refractivity contribution < 1.29 is 14.3 Å². The number of nitrogens with zero attached hydrogens (tertiary/aromatic N) is 1. The lowest BCUT2D eigenvalue weighted by Crippen LogP contribution is -2.35. The van der Waals surface area contributed by atoms with E-state index in [1.54, 1.807) is 35.6 Å². The summed E-state index contributed by atoms with van der Waals surface area (Å²) in [6, 6.07) is 16.7. The van der Waals surface area contributed by atoms with Crippen LogP contribution in [0.15, 0.2) is 60.0 Å². The summed E-state index contributed by atoms with van der Waals surface area (Å²) in [5.41, 5.74) is 3.24. The number of benzene rings is 2. The molecule has 2 amide bonds. The number of carbonyl (C=O) groups excluding carboxylic acids is 2. The summed E-state index contributed by atoms with van der Waals surface area (Å²) in [5, 5.41) is 4.94. The molecule has 2 aromatic carbocycles. The van der Waals surface area contributed by atoms with Gasteiger partial charge in [0.15, 0.2) is 6.61 Å². The van der Waals surface area contributed by atoms with Crippen LogP contribution in [0.3, 0.4) is 0 Å². The molecular weight excluding hydrogens is 384 g/mol. The molecule has 0 aliphatic carbocycles. The van der Waals surface area contributed by atoms with Gasteiger partial charge in [0.2, 0.25) is 0 Å². The van der Waals surface area contributed by atoms with Crippen LogP contribution >= 0.6 is 11.3 Å². The zero-order valence-electron chi connectivity index (χ0n) is 16.2. The van der Waals surface area contributed by atoms with E-state index < -0.39 is 0 Å². The third-order valence-electron chi connectivity index (χ3n) is 5.05. The molecule has 1 N–H and O–H groups in total. The first-order valence-corrected chi connectivity index (χ1v) is 10.4. The van der Waals surface area contributed by atoms with Gasteiger partial charge in [0.25, 0.3) is 11.8 Å². The fourth-order valence-electron chi connectivity index (χ4n) is 3.45. The van der Waals surface area contributed by atoms with E-state index in [2.05, 4.69) is 16.8 Å². The van der Waals surface area contributed by atoms with Gasteiger partial charge < -0.3 is 15.0 Å². The zero-order chi connectivity index (χ0) is 20.2. The number of rotatable bonds is 5. The number of nitrogens with one attached hydrogen (secondary N) is 1. The Morgan fingerprint density at radius 1 is 1.10 bits per heavy atom. The Bertz CT molecular complexity index is 1030. The summed E-state index contributed by atoms with van der Waals surface area (Å²) in [4.78, 5) is 28.6. The molecule has 1 aliphatic heterocycles. The molecular formula is C23H22N2O3S. The van der Waals surface area contributed by atoms with Crippen LogP contribution in [-0.4, -0.2) is 29.9 Å². The Balaban J connectivity index is 1.43. The standard InChI is InChI=1S/C23H22N2O3S/c1-16-19(23(27)25-12-10-21-17(14-25)11-13-29-21)8-5-9-20(16)24-22(26)15-28-18-6-3-2-4-7-18/h2-9,11,13H,10,12,14-15H2,1H3,(H,24,26). The van der Waals surface area contributed by atoms with Gasteiger partial charge >= 0.3 is 0 Å². The Morgan fingerprint density at radius 2 is 1.93 bits per heavy atom. The molecule has 4 rings (SSSR count). The van der Waals surface area contributed by atoms with E-state index in [-0.39, 0.29) is 18.4 Å². The van der Waals surface area contributed by atoms with Crippen molar-refractivity contribution in [1.82, 2.24) is 4.90 Å². The number of ether oxygens (including phenoxy) is 1. The summed E-state index contributed by atoms with van der Waals surface area (Å²) in [6.07, 6.45) is 0.894. The van der Waals surface area contributed by atoms with Crippen molar-refractivity contribution in [2.24, 2.45) is 0 Å². The summed E-state index contributed by atoms with van der Waals surface area (Å²) >= 11 is 1.75. The molecule has 0 unspecified atom stereocenters. The molecule has 0 spiro atoms. The number of anilines is 1. The lowest BCUT2D eigenvalue weighted by Gasteiger charge is -2.28. The first-order valence-electron chi connectivity index (χ1n) is 9.53. The molecule has 6 heteroatoms. The first-order chi connectivity index (χ1) is 14.1. The number of fused-ring (bicyclic) bond motifs is 1. The highest BCUT2D eigenvalue weighted by atomic mass is 32.1. The van der Waals surface area contributed by atoms with Crippen LogP contribution < -0.4 is 10.1 Å². The second kappa shape index (κ2) is 8.49. The van der Waals surface area contributed by atoms with Gasteiger partial charge in [-0.2, -0.15) is 0 Å². The van der Waals surface area contributed by atoms with Crippen LogP contribution in [0.5, 0.6) is 5.75 Å². The van der Waals surface area contributed by atoms with Crippen molar-refractivity contribution in [3.8, 4) is 5.75 Å². The lowest BCUT2D eigenvalue weighted by molar-refractivity contribution is -0.118. The molecule has 5 nitrogen and oxygen atoms in total. The van der Waals surface area contributed by atoms with Gasteiger partial charge in [0.05, 0.1) is 0 Å². The van der Waals surface area contributed by atoms with Gasteiger partial charge in [0, 0.05) is 29.2 Å². The predicted molar refractivity (Wildman–Crippen MR) is 115 cm³/mol. The van der Waals surface area contributed by atoms with E-state index in [4.69, 9.17) is 4.74 Å². The van der Waals surface area contributed by atoms with Crippen LogP contribution in [0.2, 0.25) is 0 Å². The predicted octanol–water partition coefficient (Wildman–Crippen LogP) is 4.27. The van der Waals surface area contributed by atoms with Crippen LogP contribution in [-0.2, 0) is 17.8 Å². The molecule has 1 aliphatic rings. The highest BCUT2D eigenvalue weighted by molar-refractivity contribution is 7.10. The SMILES string of the molecule is Cc1c(NC(=O)COc2ccccc2)cccc1C(=O)N1CCc2sccc2C1. The Morgan fingerprint density at radius 3 is 2.76 bits per heavy atom. The van der Waals surface area contributed by atoms with Gasteiger partial charge in [-0.3, -0.25) is 9.59 Å². The average Bonchev–Trinajstić information content (AvgIpc) is 3.22. The van der Waals surface area contributed by atoms with Crippen molar-refractivity contribution >= 4 is 28.8 Å². The number of amides is 2. The van der Waals surface area contributed by atoms with Crippen molar-refractivity contribution in [3.05, 3.63) is 81.5 Å². The quantitative estimate of drug-likeness (QED) is 0.688. The average molecular weight is 407 g/mol. The van der Waals surface area contributed by atoms with Gasteiger partial charge in [-0.25, -0.2) is 0 Å². The van der Waals surface area contributed by atoms with Crippen molar-refractivity contribution in [1.29, 1.82) is 0 Å². The first kappa shape index (κ1) is 19.2. The third kappa shape index (κ3) is 4.32. The smallest absolute Gasteiger partial charge is 0.262 e.